The first-order valence-electron chi connectivity index (χ1n) is 6.90. The van der Waals surface area contributed by atoms with Crippen LogP contribution in [0.15, 0.2) is 35.1 Å². The molecule has 0 aliphatic rings. The number of pyridine rings is 1. The molecule has 0 spiro atoms. The van der Waals surface area contributed by atoms with Crippen LogP contribution >= 0.6 is 0 Å². The first-order valence-corrected chi connectivity index (χ1v) is 6.90. The summed E-state index contributed by atoms with van der Waals surface area (Å²) in [5, 5.41) is 11.8. The summed E-state index contributed by atoms with van der Waals surface area (Å²) in [6, 6.07) is 11.1. The minimum atomic E-state index is -0.431. The van der Waals surface area contributed by atoms with E-state index >= 15 is 0 Å². The van der Waals surface area contributed by atoms with Crippen LogP contribution in [0.3, 0.4) is 0 Å². The predicted molar refractivity (Wildman–Crippen MR) is 84.7 cm³/mol. The number of nitrogens with one attached hydrogen (secondary N) is 1. The molecule has 0 aliphatic heterocycles. The molecule has 1 aromatic heterocycles. The van der Waals surface area contributed by atoms with Crippen molar-refractivity contribution in [2.45, 2.75) is 27.3 Å². The molecule has 0 unspecified atom stereocenters. The number of anilines is 1. The summed E-state index contributed by atoms with van der Waals surface area (Å²) in [4.78, 5) is 24.4. The van der Waals surface area contributed by atoms with E-state index in [1.54, 1.807) is 26.0 Å². The largest absolute Gasteiger partial charge is 0.325 e. The first kappa shape index (κ1) is 15.5. The Balaban J connectivity index is 2.26. The van der Waals surface area contributed by atoms with Crippen LogP contribution < -0.4 is 10.9 Å². The molecule has 0 aliphatic carbocycles. The van der Waals surface area contributed by atoms with Crippen LogP contribution in [0.5, 0.6) is 0 Å². The van der Waals surface area contributed by atoms with Crippen molar-refractivity contribution >= 4 is 11.6 Å². The van der Waals surface area contributed by atoms with Crippen LogP contribution in [0.25, 0.3) is 0 Å². The van der Waals surface area contributed by atoms with Crippen LogP contribution in [0, 0.1) is 32.1 Å². The van der Waals surface area contributed by atoms with Gasteiger partial charge in [-0.3, -0.25) is 9.59 Å². The SMILES string of the molecule is Cc1cccc(NC(=O)Cn2c(C)cc(C)c(C#N)c2=O)c1. The number of nitrogens with zero attached hydrogens (tertiary/aromatic N) is 2. The van der Waals surface area contributed by atoms with Crippen molar-refractivity contribution in [3.63, 3.8) is 0 Å². The Kier molecular flexibility index (Phi) is 4.42. The second kappa shape index (κ2) is 6.27. The van der Waals surface area contributed by atoms with Crippen molar-refractivity contribution < 1.29 is 4.79 Å². The van der Waals surface area contributed by atoms with Gasteiger partial charge in [-0.2, -0.15) is 5.26 Å². The Morgan fingerprint density at radius 2 is 2.00 bits per heavy atom. The van der Waals surface area contributed by atoms with Crippen LogP contribution in [-0.2, 0) is 11.3 Å². The van der Waals surface area contributed by atoms with Gasteiger partial charge in [0.05, 0.1) is 0 Å². The molecule has 2 aromatic rings. The van der Waals surface area contributed by atoms with Gasteiger partial charge in [0.2, 0.25) is 5.91 Å². The zero-order chi connectivity index (χ0) is 16.3. The lowest BCUT2D eigenvalue weighted by molar-refractivity contribution is -0.116. The number of aromatic nitrogens is 1. The molecule has 112 valence electrons. The van der Waals surface area contributed by atoms with E-state index < -0.39 is 5.56 Å². The number of benzene rings is 1. The van der Waals surface area contributed by atoms with Gasteiger partial charge in [-0.05, 0) is 50.1 Å². The third kappa shape index (κ3) is 3.23. The molecule has 5 heteroatoms. The lowest BCUT2D eigenvalue weighted by Crippen LogP contribution is -2.31. The maximum Gasteiger partial charge on any atom is 0.269 e. The lowest BCUT2D eigenvalue weighted by atomic mass is 10.1. The summed E-state index contributed by atoms with van der Waals surface area (Å²) in [7, 11) is 0. The van der Waals surface area contributed by atoms with Gasteiger partial charge in [-0.25, -0.2) is 0 Å². The zero-order valence-electron chi connectivity index (χ0n) is 12.8. The van der Waals surface area contributed by atoms with Crippen LogP contribution in [0.4, 0.5) is 5.69 Å². The first-order chi connectivity index (χ1) is 10.4. The summed E-state index contributed by atoms with van der Waals surface area (Å²) in [6.07, 6.45) is 0. The highest BCUT2D eigenvalue weighted by Gasteiger charge is 2.13. The molecule has 1 aromatic carbocycles. The summed E-state index contributed by atoms with van der Waals surface area (Å²) in [5.74, 6) is -0.302. The topological polar surface area (TPSA) is 74.9 Å². The molecule has 0 saturated heterocycles. The molecule has 1 amide bonds. The van der Waals surface area contributed by atoms with Gasteiger partial charge in [-0.1, -0.05) is 12.1 Å². The van der Waals surface area contributed by atoms with Gasteiger partial charge in [0, 0.05) is 11.4 Å². The highest BCUT2D eigenvalue weighted by atomic mass is 16.2. The number of carbonyl (C=O) groups is 1. The average molecular weight is 295 g/mol. The fourth-order valence-electron chi connectivity index (χ4n) is 2.33. The second-order valence-corrected chi connectivity index (χ2v) is 5.26. The van der Waals surface area contributed by atoms with Gasteiger partial charge in [0.1, 0.15) is 18.2 Å². The maximum absolute atomic E-state index is 12.2. The Bertz CT molecular complexity index is 829. The normalized spacial score (nSPS) is 10.1. The minimum Gasteiger partial charge on any atom is -0.325 e. The van der Waals surface area contributed by atoms with Crippen LogP contribution in [0.1, 0.15) is 22.4 Å². The fraction of sp³-hybridized carbons (Fsp3) is 0.235. The zero-order valence-corrected chi connectivity index (χ0v) is 12.8. The van der Waals surface area contributed by atoms with Crippen LogP contribution in [-0.4, -0.2) is 10.5 Å². The van der Waals surface area contributed by atoms with E-state index in [2.05, 4.69) is 5.32 Å². The summed E-state index contributed by atoms with van der Waals surface area (Å²) >= 11 is 0. The van der Waals surface area contributed by atoms with E-state index in [9.17, 15) is 9.59 Å². The number of carbonyl (C=O) groups excluding carboxylic acids is 1. The standard InChI is InChI=1S/C17H17N3O2/c1-11-5-4-6-14(7-11)19-16(21)10-20-13(3)8-12(2)15(9-18)17(20)22/h4-8H,10H2,1-3H3,(H,19,21). The molecule has 0 fully saturated rings. The molecule has 1 N–H and O–H groups in total. The minimum absolute atomic E-state index is 0.0777. The summed E-state index contributed by atoms with van der Waals surface area (Å²) in [6.45, 7) is 5.27. The lowest BCUT2D eigenvalue weighted by Gasteiger charge is -2.12. The average Bonchev–Trinajstić information content (AvgIpc) is 2.43. The van der Waals surface area contributed by atoms with Crippen molar-refractivity contribution in [3.05, 3.63) is 63.1 Å². The van der Waals surface area contributed by atoms with E-state index in [1.165, 1.54) is 4.57 Å². The summed E-state index contributed by atoms with van der Waals surface area (Å²) < 4.78 is 1.32. The number of nitriles is 1. The summed E-state index contributed by atoms with van der Waals surface area (Å²) in [5.41, 5.74) is 2.64. The number of amides is 1. The van der Waals surface area contributed by atoms with Gasteiger partial charge >= 0.3 is 0 Å². The van der Waals surface area contributed by atoms with Crippen molar-refractivity contribution in [2.24, 2.45) is 0 Å². The highest BCUT2D eigenvalue weighted by molar-refractivity contribution is 5.90. The van der Waals surface area contributed by atoms with Gasteiger partial charge in [0.15, 0.2) is 0 Å². The second-order valence-electron chi connectivity index (χ2n) is 5.26. The third-order valence-corrected chi connectivity index (χ3v) is 3.42. The third-order valence-electron chi connectivity index (χ3n) is 3.42. The molecular weight excluding hydrogens is 278 g/mol. The molecular formula is C17H17N3O2. The molecule has 0 radical (unpaired) electrons. The number of aryl methyl sites for hydroxylation is 3. The monoisotopic (exact) mass is 295 g/mol. The van der Waals surface area contributed by atoms with Gasteiger partial charge in [0.25, 0.3) is 5.56 Å². The van der Waals surface area contributed by atoms with Crippen LogP contribution in [0.2, 0.25) is 0 Å². The number of rotatable bonds is 3. The molecule has 0 bridgehead atoms. The van der Waals surface area contributed by atoms with E-state index in [0.29, 0.717) is 16.9 Å². The van der Waals surface area contributed by atoms with Crippen molar-refractivity contribution in [2.75, 3.05) is 5.32 Å². The van der Waals surface area contributed by atoms with E-state index in [0.717, 1.165) is 5.56 Å². The smallest absolute Gasteiger partial charge is 0.269 e. The fourth-order valence-corrected chi connectivity index (χ4v) is 2.33. The maximum atomic E-state index is 12.2. The van der Waals surface area contributed by atoms with Crippen molar-refractivity contribution in [1.29, 1.82) is 5.26 Å². The predicted octanol–water partition coefficient (Wildman–Crippen LogP) is 2.28. The number of hydrogen-bond donors (Lipinski definition) is 1. The molecule has 1 heterocycles. The Morgan fingerprint density at radius 1 is 1.27 bits per heavy atom. The van der Waals surface area contributed by atoms with Gasteiger partial charge in [-0.15, -0.1) is 0 Å². The van der Waals surface area contributed by atoms with E-state index in [1.807, 2.05) is 31.2 Å². The molecule has 5 nitrogen and oxygen atoms in total. The Hall–Kier alpha value is -2.87. The Morgan fingerprint density at radius 3 is 2.64 bits per heavy atom. The van der Waals surface area contributed by atoms with E-state index in [-0.39, 0.29) is 18.0 Å². The van der Waals surface area contributed by atoms with Gasteiger partial charge < -0.3 is 9.88 Å². The van der Waals surface area contributed by atoms with Crippen molar-refractivity contribution in [3.8, 4) is 6.07 Å². The molecule has 0 saturated carbocycles. The van der Waals surface area contributed by atoms with Crippen molar-refractivity contribution in [1.82, 2.24) is 4.57 Å². The molecule has 0 atom stereocenters. The quantitative estimate of drug-likeness (QED) is 0.944. The number of hydrogen-bond acceptors (Lipinski definition) is 3. The molecule has 22 heavy (non-hydrogen) atoms. The molecule has 2 rings (SSSR count). The Labute approximate surface area is 128 Å². The highest BCUT2D eigenvalue weighted by Crippen LogP contribution is 2.10. The van der Waals surface area contributed by atoms with E-state index in [4.69, 9.17) is 5.26 Å².